The maximum atomic E-state index is 14.5. The van der Waals surface area contributed by atoms with Crippen LogP contribution in [0.5, 0.6) is 0 Å². The number of aliphatic hydroxyl groups is 2. The second-order valence-corrected chi connectivity index (χ2v) is 14.4. The molecule has 0 radical (unpaired) electrons. The zero-order valence-corrected chi connectivity index (χ0v) is 32.6. The average molecular weight is 842 g/mol. The minimum absolute atomic E-state index is 0.0477. The van der Waals surface area contributed by atoms with Gasteiger partial charge in [0.05, 0.1) is 11.1 Å². The Morgan fingerprint density at radius 2 is 1.47 bits per heavy atom. The summed E-state index contributed by atoms with van der Waals surface area (Å²) in [5, 5.41) is 36.8. The molecular weight excluding hydrogens is 797 g/mol. The summed E-state index contributed by atoms with van der Waals surface area (Å²) in [5.74, 6) is -5.59. The molecule has 1 aliphatic rings. The number of aliphatic hydroxyl groups excluding tert-OH is 2. The third kappa shape index (κ3) is 11.0. The minimum Gasteiger partial charge on any atom is -0.479 e. The molecule has 0 aliphatic carbocycles. The number of carboxylic acid groups (broad SMARTS) is 2. The Kier molecular flexibility index (Phi) is 14.6. The molecule has 4 N–H and O–H groups in total. The molecule has 2 unspecified atom stereocenters. The first-order valence-electron chi connectivity index (χ1n) is 19.0. The molecule has 18 heteroatoms. The molecule has 13 nitrogen and oxygen atoms in total. The largest absolute Gasteiger partial charge is 0.479 e. The van der Waals surface area contributed by atoms with E-state index in [0.717, 1.165) is 61.8 Å². The Morgan fingerprint density at radius 1 is 0.883 bits per heavy atom. The number of fused-ring (bicyclic) bond motifs is 1. The summed E-state index contributed by atoms with van der Waals surface area (Å²) in [7, 11) is 1.69. The lowest BCUT2D eigenvalue weighted by Gasteiger charge is -2.38. The molecule has 2 atom stereocenters. The number of rotatable bonds is 13. The Balaban J connectivity index is 0.000000606. The summed E-state index contributed by atoms with van der Waals surface area (Å²) < 4.78 is 71.0. The third-order valence-corrected chi connectivity index (χ3v) is 10.4. The topological polar surface area (TPSA) is 178 Å². The molecule has 1 fully saturated rings. The van der Waals surface area contributed by atoms with Crippen molar-refractivity contribution in [2.45, 2.75) is 70.1 Å². The van der Waals surface area contributed by atoms with E-state index in [-0.39, 0.29) is 47.8 Å². The first-order valence-corrected chi connectivity index (χ1v) is 19.0. The van der Waals surface area contributed by atoms with E-state index in [1.165, 1.54) is 35.0 Å². The van der Waals surface area contributed by atoms with Gasteiger partial charge in [0.2, 0.25) is 11.3 Å². The van der Waals surface area contributed by atoms with Crippen molar-refractivity contribution in [1.82, 2.24) is 24.1 Å². The number of hydrogen-bond donors (Lipinski definition) is 4. The van der Waals surface area contributed by atoms with Crippen LogP contribution in [0.2, 0.25) is 0 Å². The minimum atomic E-state index is -4.41. The lowest BCUT2D eigenvalue weighted by atomic mass is 10.00. The molecule has 60 heavy (non-hydrogen) atoms. The normalized spacial score (nSPS) is 14.6. The Hall–Kier alpha value is -5.98. The predicted molar refractivity (Wildman–Crippen MR) is 209 cm³/mol. The van der Waals surface area contributed by atoms with E-state index >= 15 is 0 Å². The fraction of sp³-hybridized carbons (Fsp3) is 0.357. The highest BCUT2D eigenvalue weighted by Crippen LogP contribution is 2.31. The van der Waals surface area contributed by atoms with Crippen LogP contribution >= 0.6 is 0 Å². The van der Waals surface area contributed by atoms with Gasteiger partial charge in [0.25, 0.3) is 0 Å². The molecule has 320 valence electrons. The van der Waals surface area contributed by atoms with Crippen LogP contribution in [-0.2, 0) is 53.5 Å². The van der Waals surface area contributed by atoms with Crippen LogP contribution in [0.1, 0.15) is 42.1 Å². The van der Waals surface area contributed by atoms with E-state index in [2.05, 4.69) is 16.9 Å². The van der Waals surface area contributed by atoms with Gasteiger partial charge in [0.1, 0.15) is 6.54 Å². The van der Waals surface area contributed by atoms with Crippen molar-refractivity contribution in [3.8, 4) is 11.1 Å². The van der Waals surface area contributed by atoms with Gasteiger partial charge in [-0.2, -0.15) is 18.3 Å². The predicted octanol–water partition coefficient (Wildman–Crippen LogP) is 4.87. The first kappa shape index (κ1) is 45.1. The lowest BCUT2D eigenvalue weighted by Crippen LogP contribution is -2.48. The van der Waals surface area contributed by atoms with Gasteiger partial charge >= 0.3 is 18.1 Å². The van der Waals surface area contributed by atoms with Crippen LogP contribution in [0.4, 0.5) is 22.0 Å². The zero-order valence-electron chi connectivity index (χ0n) is 32.6. The van der Waals surface area contributed by atoms with Gasteiger partial charge in [-0.25, -0.2) is 18.4 Å². The van der Waals surface area contributed by atoms with E-state index in [1.807, 2.05) is 29.2 Å². The van der Waals surface area contributed by atoms with Gasteiger partial charge in [-0.15, -0.1) is 0 Å². The molecule has 2 aromatic heterocycles. The van der Waals surface area contributed by atoms with Crippen molar-refractivity contribution in [2.75, 3.05) is 19.6 Å². The third-order valence-electron chi connectivity index (χ3n) is 10.4. The number of hydrogen-bond acceptors (Lipinski definition) is 8. The van der Waals surface area contributed by atoms with Crippen molar-refractivity contribution >= 4 is 28.9 Å². The highest BCUT2D eigenvalue weighted by molar-refractivity contribution is 5.83. The number of amides is 1. The van der Waals surface area contributed by atoms with Gasteiger partial charge in [0.15, 0.2) is 29.4 Å². The Bertz CT molecular complexity index is 2340. The molecule has 6 rings (SSSR count). The molecule has 0 bridgehead atoms. The van der Waals surface area contributed by atoms with Crippen LogP contribution in [0, 0.1) is 11.6 Å². The van der Waals surface area contributed by atoms with E-state index in [0.29, 0.717) is 23.3 Å². The molecule has 0 saturated carbocycles. The quantitative estimate of drug-likeness (QED) is 0.120. The van der Waals surface area contributed by atoms with Crippen molar-refractivity contribution in [1.29, 1.82) is 0 Å². The maximum absolute atomic E-state index is 14.5. The summed E-state index contributed by atoms with van der Waals surface area (Å²) >= 11 is 0. The van der Waals surface area contributed by atoms with Crippen molar-refractivity contribution in [3.05, 3.63) is 123 Å². The number of carbonyl (C=O) groups is 3. The molecule has 1 saturated heterocycles. The van der Waals surface area contributed by atoms with E-state index < -0.39 is 47.5 Å². The second kappa shape index (κ2) is 19.4. The number of piperidine rings is 1. The van der Waals surface area contributed by atoms with Gasteiger partial charge in [-0.1, -0.05) is 55.5 Å². The summed E-state index contributed by atoms with van der Waals surface area (Å²) in [6.07, 6.45) is -5.40. The van der Waals surface area contributed by atoms with Gasteiger partial charge in [-0.3, -0.25) is 14.3 Å². The molecular formula is C42H44F5N5O8. The number of halogens is 5. The standard InChI is InChI=1S/C38H38F5N5O2.C4H6O6/c1-3-46-19-17-30(18-20-46)48(22-25-7-9-26(10-8-25)27-11-14-29(15-12-27)38(41,42)43)35(50)24-47-31(16-13-28-5-4-6-32(39)36(28)40)21-34(49)37-33(47)23-45(2)44-37;5-1(3(7)8)2(6)4(9)10/h4-12,14-15,21,23,30H,3,13,16-20,22,24H2,1-2H3;1-2,5-6H,(H,7,8)(H,9,10). The van der Waals surface area contributed by atoms with Gasteiger partial charge < -0.3 is 34.8 Å². The van der Waals surface area contributed by atoms with E-state index in [4.69, 9.17) is 20.4 Å². The summed E-state index contributed by atoms with van der Waals surface area (Å²) in [6.45, 7) is 4.91. The maximum Gasteiger partial charge on any atom is 0.416 e. The SMILES string of the molecule is CCN1CCC(N(Cc2ccc(-c3ccc(C(F)(F)F)cc3)cc2)C(=O)Cn2c(CCc3cccc(F)c3F)cc(=O)c3nn(C)cc32)CC1.O=C(O)C(O)C(O)C(=O)O. The van der Waals surface area contributed by atoms with Crippen molar-refractivity contribution in [2.24, 2.45) is 7.05 Å². The lowest BCUT2D eigenvalue weighted by molar-refractivity contribution is -0.165. The number of aromatic nitrogens is 3. The molecule has 5 aromatic rings. The molecule has 1 aliphatic heterocycles. The van der Waals surface area contributed by atoms with Crippen LogP contribution in [-0.4, -0.2) is 100 Å². The summed E-state index contributed by atoms with van der Waals surface area (Å²) in [4.78, 5) is 51.2. The Morgan fingerprint density at radius 3 is 2.02 bits per heavy atom. The summed E-state index contributed by atoms with van der Waals surface area (Å²) in [6, 6.07) is 17.8. The molecule has 3 aromatic carbocycles. The molecule has 1 amide bonds. The van der Waals surface area contributed by atoms with Gasteiger partial charge in [-0.05, 0) is 72.7 Å². The van der Waals surface area contributed by atoms with E-state index in [9.17, 15) is 41.1 Å². The first-order chi connectivity index (χ1) is 28.4. The summed E-state index contributed by atoms with van der Waals surface area (Å²) in [5.41, 5.74) is 2.59. The number of pyridine rings is 1. The van der Waals surface area contributed by atoms with E-state index in [1.54, 1.807) is 17.8 Å². The number of carbonyl (C=O) groups excluding carboxylic acids is 1. The van der Waals surface area contributed by atoms with Crippen LogP contribution in [0.3, 0.4) is 0 Å². The van der Waals surface area contributed by atoms with Crippen LogP contribution in [0.25, 0.3) is 22.2 Å². The van der Waals surface area contributed by atoms with Crippen LogP contribution < -0.4 is 5.43 Å². The number of carboxylic acids is 2. The molecule has 0 spiro atoms. The Labute approximate surface area is 340 Å². The number of alkyl halides is 3. The average Bonchev–Trinajstić information content (AvgIpc) is 3.63. The fourth-order valence-electron chi connectivity index (χ4n) is 7.01. The van der Waals surface area contributed by atoms with Gasteiger partial charge in [0, 0.05) is 50.7 Å². The highest BCUT2D eigenvalue weighted by Gasteiger charge is 2.31. The monoisotopic (exact) mass is 841 g/mol. The van der Waals surface area contributed by atoms with Crippen molar-refractivity contribution < 1.29 is 56.8 Å². The fourth-order valence-corrected chi connectivity index (χ4v) is 7.01. The number of likely N-dealkylation sites (tertiary alicyclic amines) is 1. The number of aryl methyl sites for hydroxylation is 3. The van der Waals surface area contributed by atoms with Crippen molar-refractivity contribution in [3.63, 3.8) is 0 Å². The molecule has 3 heterocycles. The number of benzene rings is 3. The number of nitrogens with zero attached hydrogens (tertiary/aromatic N) is 5. The van der Waals surface area contributed by atoms with Crippen LogP contribution in [0.15, 0.2) is 83.8 Å². The second-order valence-electron chi connectivity index (χ2n) is 14.4. The zero-order chi connectivity index (χ0) is 43.9. The smallest absolute Gasteiger partial charge is 0.416 e. The highest BCUT2D eigenvalue weighted by atomic mass is 19.4. The number of aliphatic carboxylic acids is 2.